The smallest absolute Gasteiger partial charge is 0.112 e. The molecule has 3 heteroatoms. The molecule has 0 unspecified atom stereocenters. The molecule has 2 aromatic rings. The van der Waals surface area contributed by atoms with Gasteiger partial charge in [0, 0.05) is 17.6 Å². The van der Waals surface area contributed by atoms with Crippen LogP contribution in [0.2, 0.25) is 0 Å². The van der Waals surface area contributed by atoms with Crippen molar-refractivity contribution in [1.29, 1.82) is 0 Å². The Kier molecular flexibility index (Phi) is 1.96. The lowest BCUT2D eigenvalue weighted by molar-refractivity contribution is 0.655. The summed E-state index contributed by atoms with van der Waals surface area (Å²) in [5.41, 5.74) is 8.96. The third-order valence-corrected chi connectivity index (χ3v) is 3.17. The topological polar surface area (TPSA) is 43.8 Å². The normalized spacial score (nSPS) is 16.2. The molecule has 1 saturated carbocycles. The second kappa shape index (κ2) is 3.24. The Bertz CT molecular complexity index is 535. The van der Waals surface area contributed by atoms with Crippen LogP contribution in [0.25, 0.3) is 11.0 Å². The van der Waals surface area contributed by atoms with Crippen LogP contribution in [-0.2, 0) is 0 Å². The summed E-state index contributed by atoms with van der Waals surface area (Å²) in [6.45, 7) is 4.40. The Morgan fingerprint density at radius 1 is 1.38 bits per heavy atom. The van der Waals surface area contributed by atoms with Gasteiger partial charge in [0.2, 0.25) is 0 Å². The SMILES string of the molecule is CC(C)c1nc2ccc(N)cc2n1C1CC1. The maximum Gasteiger partial charge on any atom is 0.112 e. The minimum Gasteiger partial charge on any atom is -0.399 e. The molecule has 16 heavy (non-hydrogen) atoms. The van der Waals surface area contributed by atoms with E-state index in [0.29, 0.717) is 12.0 Å². The van der Waals surface area contributed by atoms with E-state index in [2.05, 4.69) is 18.4 Å². The first-order valence-corrected chi connectivity index (χ1v) is 5.94. The molecule has 2 N–H and O–H groups in total. The molecule has 0 bridgehead atoms. The number of benzene rings is 1. The van der Waals surface area contributed by atoms with Crippen molar-refractivity contribution in [1.82, 2.24) is 9.55 Å². The van der Waals surface area contributed by atoms with Gasteiger partial charge in [-0.05, 0) is 31.0 Å². The lowest BCUT2D eigenvalue weighted by Gasteiger charge is -2.09. The molecule has 0 aliphatic heterocycles. The summed E-state index contributed by atoms with van der Waals surface area (Å²) in [4.78, 5) is 4.72. The standard InChI is InChI=1S/C13H17N3/c1-8(2)13-15-11-6-3-9(14)7-12(11)16(13)10-4-5-10/h3,6-8,10H,4-5,14H2,1-2H3. The molecule has 0 radical (unpaired) electrons. The van der Waals surface area contributed by atoms with Gasteiger partial charge in [-0.15, -0.1) is 0 Å². The van der Waals surface area contributed by atoms with Crippen LogP contribution in [0.15, 0.2) is 18.2 Å². The van der Waals surface area contributed by atoms with E-state index in [1.807, 2.05) is 18.2 Å². The van der Waals surface area contributed by atoms with Crippen molar-refractivity contribution in [2.24, 2.45) is 0 Å². The molecule has 0 atom stereocenters. The van der Waals surface area contributed by atoms with Crippen molar-refractivity contribution >= 4 is 16.7 Å². The quantitative estimate of drug-likeness (QED) is 0.782. The summed E-state index contributed by atoms with van der Waals surface area (Å²) in [5, 5.41) is 0. The first-order valence-electron chi connectivity index (χ1n) is 5.94. The third-order valence-electron chi connectivity index (χ3n) is 3.17. The zero-order chi connectivity index (χ0) is 11.3. The highest BCUT2D eigenvalue weighted by Crippen LogP contribution is 2.40. The number of hydrogen-bond donors (Lipinski definition) is 1. The molecule has 1 fully saturated rings. The van der Waals surface area contributed by atoms with Crippen LogP contribution < -0.4 is 5.73 Å². The summed E-state index contributed by atoms with van der Waals surface area (Å²) in [6.07, 6.45) is 2.56. The van der Waals surface area contributed by atoms with Crippen molar-refractivity contribution in [3.05, 3.63) is 24.0 Å². The second-order valence-electron chi connectivity index (χ2n) is 4.97. The minimum absolute atomic E-state index is 0.467. The first-order chi connectivity index (χ1) is 7.66. The van der Waals surface area contributed by atoms with Crippen LogP contribution >= 0.6 is 0 Å². The maximum atomic E-state index is 5.86. The molecule has 84 valence electrons. The molecule has 1 aliphatic rings. The molecule has 0 spiro atoms. The van der Waals surface area contributed by atoms with E-state index >= 15 is 0 Å². The molecule has 1 aromatic carbocycles. The largest absolute Gasteiger partial charge is 0.399 e. The van der Waals surface area contributed by atoms with Crippen molar-refractivity contribution in [3.8, 4) is 0 Å². The lowest BCUT2D eigenvalue weighted by Crippen LogP contribution is -2.03. The summed E-state index contributed by atoms with van der Waals surface area (Å²) < 4.78 is 2.39. The van der Waals surface area contributed by atoms with Gasteiger partial charge in [-0.25, -0.2) is 4.98 Å². The number of nitrogen functional groups attached to an aromatic ring is 1. The lowest BCUT2D eigenvalue weighted by atomic mass is 10.2. The van der Waals surface area contributed by atoms with Crippen molar-refractivity contribution in [2.75, 3.05) is 5.73 Å². The number of nitrogens with two attached hydrogens (primary N) is 1. The van der Waals surface area contributed by atoms with E-state index in [0.717, 1.165) is 11.2 Å². The van der Waals surface area contributed by atoms with E-state index in [4.69, 9.17) is 10.7 Å². The summed E-state index contributed by atoms with van der Waals surface area (Å²) in [6, 6.07) is 6.66. The number of rotatable bonds is 2. The summed E-state index contributed by atoms with van der Waals surface area (Å²) in [5.74, 6) is 1.66. The zero-order valence-corrected chi connectivity index (χ0v) is 9.77. The molecule has 3 rings (SSSR count). The van der Waals surface area contributed by atoms with Gasteiger partial charge in [-0.1, -0.05) is 13.8 Å². The first kappa shape index (κ1) is 9.70. The third kappa shape index (κ3) is 1.39. The van der Waals surface area contributed by atoms with Gasteiger partial charge in [0.15, 0.2) is 0 Å². The van der Waals surface area contributed by atoms with E-state index in [-0.39, 0.29) is 0 Å². The van der Waals surface area contributed by atoms with Crippen molar-refractivity contribution in [3.63, 3.8) is 0 Å². The fraction of sp³-hybridized carbons (Fsp3) is 0.462. The molecule has 1 aliphatic carbocycles. The van der Waals surface area contributed by atoms with Gasteiger partial charge in [0.05, 0.1) is 11.0 Å². The van der Waals surface area contributed by atoms with Crippen LogP contribution in [0, 0.1) is 0 Å². The van der Waals surface area contributed by atoms with Gasteiger partial charge >= 0.3 is 0 Å². The van der Waals surface area contributed by atoms with Gasteiger partial charge in [-0.2, -0.15) is 0 Å². The molecule has 1 heterocycles. The summed E-state index contributed by atoms with van der Waals surface area (Å²) in [7, 11) is 0. The highest BCUT2D eigenvalue weighted by atomic mass is 15.1. The zero-order valence-electron chi connectivity index (χ0n) is 9.77. The molecule has 0 saturated heterocycles. The van der Waals surface area contributed by atoms with E-state index in [1.54, 1.807) is 0 Å². The Hall–Kier alpha value is -1.51. The van der Waals surface area contributed by atoms with Crippen LogP contribution in [0.1, 0.15) is 44.5 Å². The molecule has 0 amide bonds. The predicted octanol–water partition coefficient (Wildman–Crippen LogP) is 3.08. The monoisotopic (exact) mass is 215 g/mol. The Morgan fingerprint density at radius 2 is 2.12 bits per heavy atom. The fourth-order valence-corrected chi connectivity index (χ4v) is 2.25. The Balaban J connectivity index is 2.29. The number of imidazole rings is 1. The van der Waals surface area contributed by atoms with E-state index < -0.39 is 0 Å². The second-order valence-corrected chi connectivity index (χ2v) is 4.97. The van der Waals surface area contributed by atoms with Crippen molar-refractivity contribution in [2.45, 2.75) is 38.6 Å². The van der Waals surface area contributed by atoms with Crippen LogP contribution in [0.3, 0.4) is 0 Å². The number of fused-ring (bicyclic) bond motifs is 1. The van der Waals surface area contributed by atoms with E-state index in [9.17, 15) is 0 Å². The highest BCUT2D eigenvalue weighted by molar-refractivity contribution is 5.80. The van der Waals surface area contributed by atoms with Gasteiger partial charge in [-0.3, -0.25) is 0 Å². The van der Waals surface area contributed by atoms with Crippen LogP contribution in [0.4, 0.5) is 5.69 Å². The van der Waals surface area contributed by atoms with E-state index in [1.165, 1.54) is 24.2 Å². The van der Waals surface area contributed by atoms with Gasteiger partial charge in [0.25, 0.3) is 0 Å². The Morgan fingerprint density at radius 3 is 2.75 bits per heavy atom. The minimum atomic E-state index is 0.467. The average molecular weight is 215 g/mol. The molecule has 1 aromatic heterocycles. The maximum absolute atomic E-state index is 5.86. The predicted molar refractivity (Wildman–Crippen MR) is 66.5 cm³/mol. The van der Waals surface area contributed by atoms with Gasteiger partial charge < -0.3 is 10.3 Å². The average Bonchev–Trinajstić information content (AvgIpc) is 2.99. The van der Waals surface area contributed by atoms with Gasteiger partial charge in [0.1, 0.15) is 5.82 Å². The molecular weight excluding hydrogens is 198 g/mol. The highest BCUT2D eigenvalue weighted by Gasteiger charge is 2.28. The number of hydrogen-bond acceptors (Lipinski definition) is 2. The van der Waals surface area contributed by atoms with Crippen LogP contribution in [-0.4, -0.2) is 9.55 Å². The molecular formula is C13H17N3. The summed E-state index contributed by atoms with van der Waals surface area (Å²) >= 11 is 0. The number of aromatic nitrogens is 2. The number of anilines is 1. The Labute approximate surface area is 95.3 Å². The fourth-order valence-electron chi connectivity index (χ4n) is 2.25. The van der Waals surface area contributed by atoms with Crippen LogP contribution in [0.5, 0.6) is 0 Å². The number of nitrogens with zero attached hydrogens (tertiary/aromatic N) is 2. The molecule has 3 nitrogen and oxygen atoms in total. The van der Waals surface area contributed by atoms with Crippen molar-refractivity contribution < 1.29 is 0 Å².